The molecule has 1 aromatic carbocycles. The molecule has 2 aromatic heterocycles. The van der Waals surface area contributed by atoms with Gasteiger partial charge in [-0.25, -0.2) is 4.79 Å². The molecule has 1 N–H and O–H groups in total. The standard InChI is InChI=1S/C22H27N5O3S2/c1-6-16-12-17(21(29)30-7-2)20(32-16)23-18(28)13-31-22-25-24-19(27(22)5)14-9-8-10-15(11-14)26(3)4/h8-12H,6-7,13H2,1-5H3,(H,23,28). The third kappa shape index (κ3) is 5.49. The van der Waals surface area contributed by atoms with Crippen LogP contribution >= 0.6 is 23.1 Å². The predicted molar refractivity (Wildman–Crippen MR) is 130 cm³/mol. The van der Waals surface area contributed by atoms with Crippen LogP contribution in [0.4, 0.5) is 10.7 Å². The second-order valence-electron chi connectivity index (χ2n) is 7.18. The maximum atomic E-state index is 12.6. The maximum Gasteiger partial charge on any atom is 0.341 e. The fourth-order valence-corrected chi connectivity index (χ4v) is 4.69. The van der Waals surface area contributed by atoms with Crippen LogP contribution in [0.15, 0.2) is 35.5 Å². The minimum atomic E-state index is -0.427. The summed E-state index contributed by atoms with van der Waals surface area (Å²) in [5, 5.41) is 12.5. The fourth-order valence-electron chi connectivity index (χ4n) is 2.98. The van der Waals surface area contributed by atoms with Crippen LogP contribution in [-0.2, 0) is 23.0 Å². The van der Waals surface area contributed by atoms with Crippen molar-refractivity contribution in [2.45, 2.75) is 25.4 Å². The second-order valence-corrected chi connectivity index (χ2v) is 9.26. The molecule has 0 radical (unpaired) electrons. The van der Waals surface area contributed by atoms with Gasteiger partial charge in [-0.15, -0.1) is 21.5 Å². The summed E-state index contributed by atoms with van der Waals surface area (Å²) in [5.74, 6) is 0.228. The molecule has 8 nitrogen and oxygen atoms in total. The van der Waals surface area contributed by atoms with Gasteiger partial charge in [-0.05, 0) is 31.5 Å². The van der Waals surface area contributed by atoms with Crippen LogP contribution in [0, 0.1) is 0 Å². The van der Waals surface area contributed by atoms with Gasteiger partial charge in [-0.1, -0.05) is 30.8 Å². The number of carbonyl (C=O) groups is 2. The summed E-state index contributed by atoms with van der Waals surface area (Å²) in [6.45, 7) is 4.04. The van der Waals surface area contributed by atoms with Gasteiger partial charge in [0.1, 0.15) is 5.00 Å². The number of aryl methyl sites for hydroxylation is 1. The molecule has 0 aliphatic rings. The Morgan fingerprint density at radius 3 is 2.69 bits per heavy atom. The molecule has 170 valence electrons. The number of thioether (sulfide) groups is 1. The van der Waals surface area contributed by atoms with Crippen molar-refractivity contribution in [2.75, 3.05) is 36.7 Å². The normalized spacial score (nSPS) is 10.8. The van der Waals surface area contributed by atoms with E-state index in [0.717, 1.165) is 28.4 Å². The van der Waals surface area contributed by atoms with E-state index < -0.39 is 5.97 Å². The fraction of sp³-hybridized carbons (Fsp3) is 0.364. The van der Waals surface area contributed by atoms with Gasteiger partial charge in [-0.3, -0.25) is 4.79 Å². The Kier molecular flexibility index (Phi) is 7.92. The third-order valence-corrected chi connectivity index (χ3v) is 6.88. The van der Waals surface area contributed by atoms with Gasteiger partial charge in [0.25, 0.3) is 0 Å². The van der Waals surface area contributed by atoms with E-state index in [2.05, 4.69) is 15.5 Å². The largest absolute Gasteiger partial charge is 0.462 e. The lowest BCUT2D eigenvalue weighted by Gasteiger charge is -2.13. The highest BCUT2D eigenvalue weighted by molar-refractivity contribution is 7.99. The summed E-state index contributed by atoms with van der Waals surface area (Å²) in [7, 11) is 5.85. The Morgan fingerprint density at radius 1 is 1.22 bits per heavy atom. The Morgan fingerprint density at radius 2 is 2.00 bits per heavy atom. The van der Waals surface area contributed by atoms with Crippen molar-refractivity contribution in [1.29, 1.82) is 0 Å². The van der Waals surface area contributed by atoms with Crippen LogP contribution in [0.3, 0.4) is 0 Å². The van der Waals surface area contributed by atoms with E-state index in [4.69, 9.17) is 4.74 Å². The van der Waals surface area contributed by atoms with Crippen molar-refractivity contribution in [3.05, 3.63) is 40.8 Å². The Bertz CT molecular complexity index is 1110. The average molecular weight is 474 g/mol. The highest BCUT2D eigenvalue weighted by Gasteiger charge is 2.19. The average Bonchev–Trinajstić information content (AvgIpc) is 3.35. The Labute approximate surface area is 196 Å². The molecule has 3 rings (SSSR count). The first-order valence-electron chi connectivity index (χ1n) is 10.2. The number of amides is 1. The smallest absolute Gasteiger partial charge is 0.341 e. The van der Waals surface area contributed by atoms with E-state index in [9.17, 15) is 9.59 Å². The summed E-state index contributed by atoms with van der Waals surface area (Å²) in [5.41, 5.74) is 2.42. The van der Waals surface area contributed by atoms with Gasteiger partial charge in [-0.2, -0.15) is 0 Å². The summed E-state index contributed by atoms with van der Waals surface area (Å²) in [6.07, 6.45) is 0.776. The minimum absolute atomic E-state index is 0.144. The highest BCUT2D eigenvalue weighted by atomic mass is 32.2. The first kappa shape index (κ1) is 23.8. The van der Waals surface area contributed by atoms with Crippen molar-refractivity contribution in [3.63, 3.8) is 0 Å². The van der Waals surface area contributed by atoms with Crippen LogP contribution < -0.4 is 10.2 Å². The van der Waals surface area contributed by atoms with Crippen molar-refractivity contribution < 1.29 is 14.3 Å². The quantitative estimate of drug-likeness (QED) is 0.370. The number of benzene rings is 1. The summed E-state index contributed by atoms with van der Waals surface area (Å²) in [6, 6.07) is 9.81. The van der Waals surface area contributed by atoms with E-state index in [1.54, 1.807) is 13.0 Å². The molecule has 0 spiro atoms. The SMILES string of the molecule is CCOC(=O)c1cc(CC)sc1NC(=O)CSc1nnc(-c2cccc(N(C)C)c2)n1C. The number of anilines is 2. The van der Waals surface area contributed by atoms with Crippen LogP contribution in [0.1, 0.15) is 29.1 Å². The Hall–Kier alpha value is -2.85. The first-order valence-corrected chi connectivity index (χ1v) is 12.0. The number of esters is 1. The van der Waals surface area contributed by atoms with Crippen molar-refractivity contribution >= 4 is 45.7 Å². The number of hydrogen-bond acceptors (Lipinski definition) is 8. The molecule has 1 amide bonds. The number of carbonyl (C=O) groups excluding carboxylic acids is 2. The van der Waals surface area contributed by atoms with Crippen LogP contribution in [0.2, 0.25) is 0 Å². The number of ether oxygens (including phenoxy) is 1. The minimum Gasteiger partial charge on any atom is -0.462 e. The number of rotatable bonds is 9. The summed E-state index contributed by atoms with van der Waals surface area (Å²) in [4.78, 5) is 27.8. The molecule has 0 saturated heterocycles. The summed E-state index contributed by atoms with van der Waals surface area (Å²) < 4.78 is 6.98. The molecular formula is C22H27N5O3S2. The topological polar surface area (TPSA) is 89.3 Å². The van der Waals surface area contributed by atoms with Crippen molar-refractivity contribution in [1.82, 2.24) is 14.8 Å². The molecule has 0 unspecified atom stereocenters. The third-order valence-electron chi connectivity index (χ3n) is 4.67. The van der Waals surface area contributed by atoms with Gasteiger partial charge in [0.15, 0.2) is 11.0 Å². The lowest BCUT2D eigenvalue weighted by atomic mass is 10.2. The highest BCUT2D eigenvalue weighted by Crippen LogP contribution is 2.30. The monoisotopic (exact) mass is 473 g/mol. The molecule has 3 aromatic rings. The van der Waals surface area contributed by atoms with Crippen molar-refractivity contribution in [3.8, 4) is 11.4 Å². The molecule has 0 fully saturated rings. The van der Waals surface area contributed by atoms with Crippen LogP contribution in [0.25, 0.3) is 11.4 Å². The molecule has 0 atom stereocenters. The number of aromatic nitrogens is 3. The number of nitrogens with one attached hydrogen (secondary N) is 1. The van der Waals surface area contributed by atoms with Gasteiger partial charge in [0, 0.05) is 37.3 Å². The number of thiophene rings is 1. The zero-order valence-corrected chi connectivity index (χ0v) is 20.5. The maximum absolute atomic E-state index is 12.6. The second kappa shape index (κ2) is 10.6. The summed E-state index contributed by atoms with van der Waals surface area (Å²) >= 11 is 2.69. The van der Waals surface area contributed by atoms with Gasteiger partial charge in [0.2, 0.25) is 5.91 Å². The first-order chi connectivity index (χ1) is 15.3. The molecular weight excluding hydrogens is 446 g/mol. The van der Waals surface area contributed by atoms with E-state index in [1.807, 2.05) is 61.8 Å². The van der Waals surface area contributed by atoms with E-state index in [0.29, 0.717) is 15.7 Å². The van der Waals surface area contributed by atoms with E-state index in [-0.39, 0.29) is 18.3 Å². The zero-order valence-electron chi connectivity index (χ0n) is 18.8. The molecule has 10 heteroatoms. The predicted octanol–water partition coefficient (Wildman–Crippen LogP) is 4.08. The Balaban J connectivity index is 1.68. The lowest BCUT2D eigenvalue weighted by Crippen LogP contribution is -2.16. The van der Waals surface area contributed by atoms with Gasteiger partial charge < -0.3 is 19.5 Å². The molecule has 32 heavy (non-hydrogen) atoms. The lowest BCUT2D eigenvalue weighted by molar-refractivity contribution is -0.113. The number of hydrogen-bond donors (Lipinski definition) is 1. The van der Waals surface area contributed by atoms with Crippen molar-refractivity contribution in [2.24, 2.45) is 7.05 Å². The van der Waals surface area contributed by atoms with Gasteiger partial charge >= 0.3 is 5.97 Å². The molecule has 0 aliphatic carbocycles. The zero-order chi connectivity index (χ0) is 23.3. The molecule has 0 saturated carbocycles. The molecule has 0 bridgehead atoms. The van der Waals surface area contributed by atoms with Gasteiger partial charge in [0.05, 0.1) is 17.9 Å². The van der Waals surface area contributed by atoms with Crippen LogP contribution in [0.5, 0.6) is 0 Å². The van der Waals surface area contributed by atoms with Crippen LogP contribution in [-0.4, -0.2) is 53.1 Å². The molecule has 0 aliphatic heterocycles. The number of nitrogens with zero attached hydrogens (tertiary/aromatic N) is 4. The van der Waals surface area contributed by atoms with E-state index >= 15 is 0 Å². The molecule has 2 heterocycles. The van der Waals surface area contributed by atoms with E-state index in [1.165, 1.54) is 23.1 Å².